The predicted molar refractivity (Wildman–Crippen MR) is 113 cm³/mol. The Bertz CT molecular complexity index is 1140. The van der Waals surface area contributed by atoms with E-state index < -0.39 is 0 Å². The van der Waals surface area contributed by atoms with Crippen LogP contribution in [0.15, 0.2) is 73.1 Å². The molecule has 0 saturated heterocycles. The molecular formula is C21H16N4O2S. The van der Waals surface area contributed by atoms with Gasteiger partial charge in [-0.3, -0.25) is 14.6 Å². The first-order valence-corrected chi connectivity index (χ1v) is 9.32. The van der Waals surface area contributed by atoms with E-state index >= 15 is 0 Å². The first-order chi connectivity index (χ1) is 13.6. The summed E-state index contributed by atoms with van der Waals surface area (Å²) in [7, 11) is 0. The first-order valence-electron chi connectivity index (χ1n) is 8.51. The van der Waals surface area contributed by atoms with Crippen molar-refractivity contribution in [1.82, 2.24) is 4.98 Å². The van der Waals surface area contributed by atoms with Gasteiger partial charge in [0.1, 0.15) is 0 Å². The second-order valence-electron chi connectivity index (χ2n) is 6.10. The number of fused-ring (bicyclic) bond motifs is 1. The number of nitrogens with two attached hydrogens (primary N) is 1. The van der Waals surface area contributed by atoms with Gasteiger partial charge in [-0.1, -0.05) is 18.2 Å². The number of rotatable bonds is 4. The van der Waals surface area contributed by atoms with Gasteiger partial charge < -0.3 is 16.4 Å². The van der Waals surface area contributed by atoms with E-state index in [4.69, 9.17) is 5.73 Å². The number of nitrogen functional groups attached to an aromatic ring is 1. The summed E-state index contributed by atoms with van der Waals surface area (Å²) < 4.78 is 1.06. The molecular weight excluding hydrogens is 372 g/mol. The van der Waals surface area contributed by atoms with Crippen molar-refractivity contribution < 1.29 is 9.59 Å². The average molecular weight is 388 g/mol. The molecule has 6 nitrogen and oxygen atoms in total. The number of hydrogen-bond donors (Lipinski definition) is 3. The quantitative estimate of drug-likeness (QED) is 0.483. The van der Waals surface area contributed by atoms with Gasteiger partial charge in [0.05, 0.1) is 22.4 Å². The lowest BCUT2D eigenvalue weighted by atomic mass is 10.2. The number of hydrogen-bond acceptors (Lipinski definition) is 5. The number of pyridine rings is 1. The second-order valence-corrected chi connectivity index (χ2v) is 7.18. The zero-order valence-electron chi connectivity index (χ0n) is 14.7. The first kappa shape index (κ1) is 17.7. The maximum absolute atomic E-state index is 12.5. The monoisotopic (exact) mass is 388 g/mol. The highest BCUT2D eigenvalue weighted by Gasteiger charge is 2.12. The third-order valence-electron chi connectivity index (χ3n) is 4.15. The smallest absolute Gasteiger partial charge is 0.265 e. The van der Waals surface area contributed by atoms with Gasteiger partial charge in [0.2, 0.25) is 0 Å². The number of benzene rings is 2. The number of carbonyl (C=O) groups excluding carboxylic acids is 2. The maximum atomic E-state index is 12.5. The Hall–Kier alpha value is -3.71. The number of anilines is 3. The molecule has 2 aromatic heterocycles. The number of nitrogens with zero attached hydrogens (tertiary/aromatic N) is 1. The summed E-state index contributed by atoms with van der Waals surface area (Å²) in [5.41, 5.74) is 7.75. The Morgan fingerprint density at radius 2 is 1.71 bits per heavy atom. The lowest BCUT2D eigenvalue weighted by molar-refractivity contribution is 0.102. The fourth-order valence-electron chi connectivity index (χ4n) is 2.71. The van der Waals surface area contributed by atoms with Crippen LogP contribution in [0.1, 0.15) is 20.0 Å². The van der Waals surface area contributed by atoms with E-state index in [2.05, 4.69) is 15.6 Å². The molecule has 0 fully saturated rings. The van der Waals surface area contributed by atoms with Crippen molar-refractivity contribution in [3.63, 3.8) is 0 Å². The fraction of sp³-hybridized carbons (Fsp3) is 0. The highest BCUT2D eigenvalue weighted by molar-refractivity contribution is 7.20. The van der Waals surface area contributed by atoms with Crippen LogP contribution in [0, 0.1) is 0 Å². The molecule has 2 amide bonds. The minimum Gasteiger partial charge on any atom is -0.396 e. The van der Waals surface area contributed by atoms with Crippen molar-refractivity contribution in [2.45, 2.75) is 0 Å². The largest absolute Gasteiger partial charge is 0.396 e. The number of carbonyl (C=O) groups is 2. The Morgan fingerprint density at radius 1 is 0.929 bits per heavy atom. The predicted octanol–water partition coefficient (Wildman–Crippen LogP) is 4.38. The highest BCUT2D eigenvalue weighted by Crippen LogP contribution is 2.26. The van der Waals surface area contributed by atoms with Crippen LogP contribution in [0.2, 0.25) is 0 Å². The van der Waals surface area contributed by atoms with Gasteiger partial charge >= 0.3 is 0 Å². The molecule has 0 spiro atoms. The molecule has 138 valence electrons. The summed E-state index contributed by atoms with van der Waals surface area (Å²) in [5.74, 6) is -0.469. The van der Waals surface area contributed by atoms with Crippen LogP contribution in [-0.2, 0) is 0 Å². The van der Waals surface area contributed by atoms with Crippen molar-refractivity contribution in [2.24, 2.45) is 0 Å². The zero-order chi connectivity index (χ0) is 19.5. The molecule has 2 aromatic carbocycles. The van der Waals surface area contributed by atoms with E-state index in [1.807, 2.05) is 30.3 Å². The summed E-state index contributed by atoms with van der Waals surface area (Å²) in [6, 6.07) is 18.0. The molecule has 0 unspecified atom stereocenters. The zero-order valence-corrected chi connectivity index (χ0v) is 15.5. The molecule has 4 aromatic rings. The van der Waals surface area contributed by atoms with Crippen molar-refractivity contribution in [3.8, 4) is 0 Å². The number of thiophene rings is 1. The van der Waals surface area contributed by atoms with Gasteiger partial charge in [0.15, 0.2) is 0 Å². The molecule has 0 atom stereocenters. The van der Waals surface area contributed by atoms with Crippen LogP contribution >= 0.6 is 11.3 Å². The molecule has 0 aliphatic carbocycles. The minimum absolute atomic E-state index is 0.178. The lowest BCUT2D eigenvalue weighted by Crippen LogP contribution is -2.14. The molecule has 4 rings (SSSR count). The Morgan fingerprint density at radius 3 is 2.46 bits per heavy atom. The van der Waals surface area contributed by atoms with Gasteiger partial charge in [-0.05, 0) is 47.9 Å². The van der Waals surface area contributed by atoms with Crippen LogP contribution < -0.4 is 16.4 Å². The summed E-state index contributed by atoms with van der Waals surface area (Å²) >= 11 is 1.44. The van der Waals surface area contributed by atoms with Crippen LogP contribution in [0.3, 0.4) is 0 Å². The Labute approximate surface area is 165 Å². The number of aromatic nitrogens is 1. The Kier molecular flexibility index (Phi) is 4.74. The van der Waals surface area contributed by atoms with Gasteiger partial charge in [0, 0.05) is 22.1 Å². The van der Waals surface area contributed by atoms with Crippen LogP contribution in [0.4, 0.5) is 17.1 Å². The van der Waals surface area contributed by atoms with E-state index in [9.17, 15) is 9.59 Å². The average Bonchev–Trinajstić information content (AvgIpc) is 3.15. The summed E-state index contributed by atoms with van der Waals surface area (Å²) in [5, 5.41) is 6.64. The minimum atomic E-state index is -0.291. The SMILES string of the molecule is Nc1cnccc1NC(=O)c1ccc(NC(=O)c2cc3ccccc3s2)cc1. The second kappa shape index (κ2) is 7.50. The number of amides is 2. The maximum Gasteiger partial charge on any atom is 0.265 e. The van der Waals surface area contributed by atoms with Crippen molar-refractivity contribution in [1.29, 1.82) is 0 Å². The molecule has 0 aliphatic heterocycles. The van der Waals surface area contributed by atoms with Crippen molar-refractivity contribution >= 4 is 50.3 Å². The molecule has 7 heteroatoms. The van der Waals surface area contributed by atoms with Gasteiger partial charge in [0.25, 0.3) is 11.8 Å². The molecule has 28 heavy (non-hydrogen) atoms. The Balaban J connectivity index is 1.44. The standard InChI is InChI=1S/C21H16N4O2S/c22-16-12-23-10-9-17(16)25-20(26)13-5-7-15(8-6-13)24-21(27)19-11-14-3-1-2-4-18(14)28-19/h1-12H,22H2,(H,24,27)(H,23,25,26). The topological polar surface area (TPSA) is 97.1 Å². The van der Waals surface area contributed by atoms with Crippen LogP contribution in [0.5, 0.6) is 0 Å². The van der Waals surface area contributed by atoms with E-state index in [-0.39, 0.29) is 11.8 Å². The molecule has 0 bridgehead atoms. The van der Waals surface area contributed by atoms with E-state index in [1.54, 1.807) is 36.5 Å². The van der Waals surface area contributed by atoms with Crippen molar-refractivity contribution in [3.05, 3.63) is 83.5 Å². The van der Waals surface area contributed by atoms with E-state index in [0.717, 1.165) is 10.1 Å². The van der Waals surface area contributed by atoms with Crippen LogP contribution in [0.25, 0.3) is 10.1 Å². The van der Waals surface area contributed by atoms with Crippen molar-refractivity contribution in [2.75, 3.05) is 16.4 Å². The van der Waals surface area contributed by atoms with Gasteiger partial charge in [-0.2, -0.15) is 0 Å². The molecule has 0 aliphatic rings. The normalized spacial score (nSPS) is 10.6. The molecule has 0 saturated carbocycles. The number of nitrogens with one attached hydrogen (secondary N) is 2. The third-order valence-corrected chi connectivity index (χ3v) is 5.27. The van der Waals surface area contributed by atoms with Gasteiger partial charge in [-0.25, -0.2) is 0 Å². The van der Waals surface area contributed by atoms with E-state index in [1.165, 1.54) is 17.5 Å². The molecule has 4 N–H and O–H groups in total. The summed E-state index contributed by atoms with van der Waals surface area (Å²) in [4.78, 5) is 29.4. The molecule has 0 radical (unpaired) electrons. The van der Waals surface area contributed by atoms with Gasteiger partial charge in [-0.15, -0.1) is 11.3 Å². The highest BCUT2D eigenvalue weighted by atomic mass is 32.1. The van der Waals surface area contributed by atoms with E-state index in [0.29, 0.717) is 27.5 Å². The summed E-state index contributed by atoms with van der Waals surface area (Å²) in [6.45, 7) is 0. The molecule has 2 heterocycles. The summed E-state index contributed by atoms with van der Waals surface area (Å²) in [6.07, 6.45) is 3.03. The van der Waals surface area contributed by atoms with Crippen LogP contribution in [-0.4, -0.2) is 16.8 Å². The fourth-order valence-corrected chi connectivity index (χ4v) is 3.66. The third kappa shape index (κ3) is 3.70. The lowest BCUT2D eigenvalue weighted by Gasteiger charge is -2.08.